The fraction of sp³-hybridized carbons (Fsp3) is 0.818. The van der Waals surface area contributed by atoms with Crippen LogP contribution in [0.25, 0.3) is 0 Å². The largest absolute Gasteiger partial charge is 0.0996 e. The summed E-state index contributed by atoms with van der Waals surface area (Å²) in [6.45, 7) is 13.1. The zero-order valence-corrected chi connectivity index (χ0v) is 8.48. The molecule has 0 aromatic carbocycles. The zero-order chi connectivity index (χ0) is 8.85. The Balaban J connectivity index is 3.84. The first-order chi connectivity index (χ1) is 5.11. The molecule has 0 spiro atoms. The van der Waals surface area contributed by atoms with E-state index in [9.17, 15) is 0 Å². The Morgan fingerprint density at radius 2 is 1.82 bits per heavy atom. The summed E-state index contributed by atoms with van der Waals surface area (Å²) in [4.78, 5) is 0. The van der Waals surface area contributed by atoms with E-state index in [0.29, 0.717) is 0 Å². The van der Waals surface area contributed by atoms with E-state index in [0.717, 1.165) is 18.3 Å². The van der Waals surface area contributed by atoms with Gasteiger partial charge in [-0.3, -0.25) is 0 Å². The molecule has 1 atom stereocenters. The second-order valence-corrected chi connectivity index (χ2v) is 3.75. The first kappa shape index (κ1) is 10.7. The van der Waals surface area contributed by atoms with Crippen LogP contribution >= 0.6 is 0 Å². The van der Waals surface area contributed by atoms with Gasteiger partial charge in [0.05, 0.1) is 0 Å². The van der Waals surface area contributed by atoms with Crippen molar-refractivity contribution in [2.45, 2.75) is 47.0 Å². The highest BCUT2D eigenvalue weighted by Crippen LogP contribution is 2.23. The smallest absolute Gasteiger partial charge is 0.0206 e. The molecule has 1 unspecified atom stereocenters. The Morgan fingerprint density at radius 1 is 1.27 bits per heavy atom. The van der Waals surface area contributed by atoms with Gasteiger partial charge in [0.15, 0.2) is 0 Å². The normalized spacial score (nSPS) is 13.5. The van der Waals surface area contributed by atoms with Crippen molar-refractivity contribution in [2.75, 3.05) is 0 Å². The van der Waals surface area contributed by atoms with Crippen molar-refractivity contribution in [1.29, 1.82) is 0 Å². The summed E-state index contributed by atoms with van der Waals surface area (Å²) in [5.74, 6) is 1.57. The van der Waals surface area contributed by atoms with Gasteiger partial charge in [0.1, 0.15) is 0 Å². The van der Waals surface area contributed by atoms with Gasteiger partial charge in [0.2, 0.25) is 0 Å². The first-order valence-electron chi connectivity index (χ1n) is 4.79. The van der Waals surface area contributed by atoms with Crippen LogP contribution in [0.1, 0.15) is 47.0 Å². The lowest BCUT2D eigenvalue weighted by Gasteiger charge is -2.18. The van der Waals surface area contributed by atoms with E-state index in [-0.39, 0.29) is 0 Å². The van der Waals surface area contributed by atoms with Gasteiger partial charge in [-0.2, -0.15) is 0 Å². The molecule has 0 aromatic rings. The molecule has 0 N–H and O–H groups in total. The highest BCUT2D eigenvalue weighted by molar-refractivity contribution is 4.99. The molecule has 0 aliphatic heterocycles. The third kappa shape index (κ3) is 4.23. The molecule has 0 heteroatoms. The number of rotatable bonds is 5. The minimum absolute atomic E-state index is 0.764. The molecule has 0 aliphatic rings. The standard InChI is InChI=1S/C11H22/c1-6-10(5)11(7-2)8-9(3)4/h9,11H,5-8H2,1-4H3. The number of allylic oxidation sites excluding steroid dienone is 1. The Hall–Kier alpha value is -0.260. The lowest BCUT2D eigenvalue weighted by atomic mass is 9.88. The van der Waals surface area contributed by atoms with Crippen LogP contribution in [-0.4, -0.2) is 0 Å². The molecule has 0 saturated heterocycles. The fourth-order valence-electron chi connectivity index (χ4n) is 1.48. The average Bonchev–Trinajstić information content (AvgIpc) is 1.98. The van der Waals surface area contributed by atoms with E-state index < -0.39 is 0 Å². The Labute approximate surface area is 71.7 Å². The maximum Gasteiger partial charge on any atom is -0.0206 e. The third-order valence-corrected chi connectivity index (χ3v) is 2.28. The molecule has 0 fully saturated rings. The fourth-order valence-corrected chi connectivity index (χ4v) is 1.48. The predicted molar refractivity (Wildman–Crippen MR) is 52.7 cm³/mol. The molecule has 0 heterocycles. The molecule has 0 saturated carbocycles. The van der Waals surface area contributed by atoms with Crippen LogP contribution in [0, 0.1) is 11.8 Å². The van der Waals surface area contributed by atoms with Crippen molar-refractivity contribution >= 4 is 0 Å². The molecular weight excluding hydrogens is 132 g/mol. The summed E-state index contributed by atoms with van der Waals surface area (Å²) >= 11 is 0. The number of hydrogen-bond donors (Lipinski definition) is 0. The molecule has 0 nitrogen and oxygen atoms in total. The van der Waals surface area contributed by atoms with E-state index in [1.807, 2.05) is 0 Å². The van der Waals surface area contributed by atoms with Crippen LogP contribution in [0.15, 0.2) is 12.2 Å². The molecule has 0 bridgehead atoms. The van der Waals surface area contributed by atoms with E-state index in [2.05, 4.69) is 34.3 Å². The van der Waals surface area contributed by atoms with Gasteiger partial charge in [0, 0.05) is 0 Å². The minimum atomic E-state index is 0.764. The third-order valence-electron chi connectivity index (χ3n) is 2.28. The van der Waals surface area contributed by atoms with Gasteiger partial charge in [0.25, 0.3) is 0 Å². The molecule has 0 rings (SSSR count). The van der Waals surface area contributed by atoms with Crippen molar-refractivity contribution in [2.24, 2.45) is 11.8 Å². The highest BCUT2D eigenvalue weighted by Gasteiger charge is 2.10. The van der Waals surface area contributed by atoms with Crippen LogP contribution in [0.4, 0.5) is 0 Å². The van der Waals surface area contributed by atoms with Gasteiger partial charge in [-0.05, 0) is 31.1 Å². The highest BCUT2D eigenvalue weighted by atomic mass is 14.2. The van der Waals surface area contributed by atoms with Crippen LogP contribution < -0.4 is 0 Å². The van der Waals surface area contributed by atoms with Crippen LogP contribution in [0.3, 0.4) is 0 Å². The minimum Gasteiger partial charge on any atom is -0.0996 e. The molecule has 0 radical (unpaired) electrons. The van der Waals surface area contributed by atoms with Gasteiger partial charge in [-0.25, -0.2) is 0 Å². The quantitative estimate of drug-likeness (QED) is 0.524. The topological polar surface area (TPSA) is 0 Å². The molecule has 11 heavy (non-hydrogen) atoms. The van der Waals surface area contributed by atoms with Crippen LogP contribution in [-0.2, 0) is 0 Å². The van der Waals surface area contributed by atoms with Crippen LogP contribution in [0.5, 0.6) is 0 Å². The SMILES string of the molecule is C=C(CC)C(CC)CC(C)C. The molecule has 0 aromatic heterocycles. The Morgan fingerprint density at radius 3 is 2.09 bits per heavy atom. The second-order valence-electron chi connectivity index (χ2n) is 3.75. The lowest BCUT2D eigenvalue weighted by Crippen LogP contribution is -2.05. The van der Waals surface area contributed by atoms with E-state index >= 15 is 0 Å². The van der Waals surface area contributed by atoms with E-state index in [1.165, 1.54) is 18.4 Å². The van der Waals surface area contributed by atoms with Gasteiger partial charge in [-0.15, -0.1) is 0 Å². The summed E-state index contributed by atoms with van der Waals surface area (Å²) < 4.78 is 0. The van der Waals surface area contributed by atoms with Crippen molar-refractivity contribution in [3.63, 3.8) is 0 Å². The molecule has 0 aliphatic carbocycles. The molecule has 66 valence electrons. The lowest BCUT2D eigenvalue weighted by molar-refractivity contribution is 0.441. The molecule has 0 amide bonds. The summed E-state index contributed by atoms with van der Waals surface area (Å²) in [7, 11) is 0. The van der Waals surface area contributed by atoms with E-state index in [1.54, 1.807) is 0 Å². The van der Waals surface area contributed by atoms with Gasteiger partial charge in [-0.1, -0.05) is 39.8 Å². The van der Waals surface area contributed by atoms with Gasteiger partial charge >= 0.3 is 0 Å². The van der Waals surface area contributed by atoms with Crippen molar-refractivity contribution < 1.29 is 0 Å². The maximum absolute atomic E-state index is 4.10. The zero-order valence-electron chi connectivity index (χ0n) is 8.48. The number of hydrogen-bond acceptors (Lipinski definition) is 0. The van der Waals surface area contributed by atoms with Crippen molar-refractivity contribution in [3.8, 4) is 0 Å². The summed E-state index contributed by atoms with van der Waals surface area (Å²) in [6, 6.07) is 0. The summed E-state index contributed by atoms with van der Waals surface area (Å²) in [5.41, 5.74) is 1.43. The second kappa shape index (κ2) is 5.40. The Kier molecular flexibility index (Phi) is 5.27. The predicted octanol–water partition coefficient (Wildman–Crippen LogP) is 4.02. The Bertz CT molecular complexity index is 111. The van der Waals surface area contributed by atoms with Crippen LogP contribution in [0.2, 0.25) is 0 Å². The van der Waals surface area contributed by atoms with Crippen molar-refractivity contribution in [3.05, 3.63) is 12.2 Å². The van der Waals surface area contributed by atoms with Crippen molar-refractivity contribution in [1.82, 2.24) is 0 Å². The summed E-state index contributed by atoms with van der Waals surface area (Å²) in [6.07, 6.45) is 3.71. The molecular formula is C11H22. The maximum atomic E-state index is 4.10. The summed E-state index contributed by atoms with van der Waals surface area (Å²) in [5, 5.41) is 0. The van der Waals surface area contributed by atoms with Gasteiger partial charge < -0.3 is 0 Å². The average molecular weight is 154 g/mol. The monoisotopic (exact) mass is 154 g/mol. The first-order valence-corrected chi connectivity index (χ1v) is 4.79. The van der Waals surface area contributed by atoms with E-state index in [4.69, 9.17) is 0 Å².